The van der Waals surface area contributed by atoms with Crippen LogP contribution in [0.4, 0.5) is 23.2 Å². The fourth-order valence-corrected chi connectivity index (χ4v) is 3.46. The van der Waals surface area contributed by atoms with Crippen LogP contribution in [0.15, 0.2) is 30.5 Å². The number of benzene rings is 1. The molecule has 156 valence electrons. The molecule has 1 saturated carbocycles. The molecule has 1 aromatic carbocycles. The van der Waals surface area contributed by atoms with Gasteiger partial charge >= 0.3 is 0 Å². The summed E-state index contributed by atoms with van der Waals surface area (Å²) >= 11 is 0. The maximum atomic E-state index is 14.5. The highest BCUT2D eigenvalue weighted by Gasteiger charge is 2.37. The third-order valence-corrected chi connectivity index (χ3v) is 5.22. The lowest BCUT2D eigenvalue weighted by atomic mass is 9.83. The van der Waals surface area contributed by atoms with E-state index in [1.54, 1.807) is 20.8 Å². The van der Waals surface area contributed by atoms with Gasteiger partial charge in [0.25, 0.3) is 0 Å². The maximum absolute atomic E-state index is 14.5. The zero-order valence-corrected chi connectivity index (χ0v) is 16.7. The van der Waals surface area contributed by atoms with Gasteiger partial charge in [-0.1, -0.05) is 20.8 Å². The quantitative estimate of drug-likeness (QED) is 0.605. The summed E-state index contributed by atoms with van der Waals surface area (Å²) < 4.78 is 55.5. The molecular weight excluding hydrogens is 384 g/mol. The smallest absolute Gasteiger partial charge is 0.248 e. The number of rotatable bonds is 3. The Morgan fingerprint density at radius 1 is 1.10 bits per heavy atom. The van der Waals surface area contributed by atoms with Crippen molar-refractivity contribution in [2.24, 2.45) is 5.41 Å². The van der Waals surface area contributed by atoms with E-state index in [1.165, 1.54) is 12.3 Å². The Labute approximate surface area is 167 Å². The number of aromatic nitrogens is 1. The van der Waals surface area contributed by atoms with Gasteiger partial charge in [-0.3, -0.25) is 9.78 Å². The summed E-state index contributed by atoms with van der Waals surface area (Å²) in [6, 6.07) is 4.58. The molecule has 3 nitrogen and oxygen atoms in total. The molecule has 0 aliphatic heterocycles. The molecule has 0 atom stereocenters. The van der Waals surface area contributed by atoms with Crippen LogP contribution in [-0.2, 0) is 4.79 Å². The van der Waals surface area contributed by atoms with Crippen LogP contribution in [0.5, 0.6) is 0 Å². The summed E-state index contributed by atoms with van der Waals surface area (Å²) in [4.78, 5) is 17.0. The van der Waals surface area contributed by atoms with E-state index in [9.17, 15) is 22.4 Å². The first-order chi connectivity index (χ1) is 13.5. The largest absolute Gasteiger partial charge is 0.324 e. The monoisotopic (exact) mass is 408 g/mol. The Hall–Kier alpha value is -2.44. The highest BCUT2D eigenvalue weighted by atomic mass is 19.3. The van der Waals surface area contributed by atoms with Crippen LogP contribution in [0.2, 0.25) is 0 Å². The Balaban J connectivity index is 2.11. The highest BCUT2D eigenvalue weighted by Crippen LogP contribution is 2.44. The topological polar surface area (TPSA) is 42.0 Å². The third kappa shape index (κ3) is 4.77. The minimum Gasteiger partial charge on any atom is -0.324 e. The number of hydrogen-bond acceptors (Lipinski definition) is 2. The summed E-state index contributed by atoms with van der Waals surface area (Å²) in [7, 11) is 0. The molecule has 29 heavy (non-hydrogen) atoms. The number of amides is 1. The maximum Gasteiger partial charge on any atom is 0.248 e. The Kier molecular flexibility index (Phi) is 5.70. The van der Waals surface area contributed by atoms with Crippen molar-refractivity contribution in [3.63, 3.8) is 0 Å². The number of halogens is 4. The number of nitrogens with zero attached hydrogens (tertiary/aromatic N) is 1. The Morgan fingerprint density at radius 3 is 2.38 bits per heavy atom. The fourth-order valence-electron chi connectivity index (χ4n) is 3.46. The van der Waals surface area contributed by atoms with Crippen LogP contribution < -0.4 is 5.32 Å². The molecule has 0 bridgehead atoms. The summed E-state index contributed by atoms with van der Waals surface area (Å²) in [5, 5.41) is 2.80. The van der Waals surface area contributed by atoms with Gasteiger partial charge in [-0.25, -0.2) is 17.6 Å². The number of carbonyl (C=O) groups excluding carboxylic acids is 1. The van der Waals surface area contributed by atoms with E-state index in [0.29, 0.717) is 5.69 Å². The average molecular weight is 408 g/mol. The molecule has 2 aromatic rings. The number of nitrogens with one attached hydrogen (secondary N) is 1. The first-order valence-electron chi connectivity index (χ1n) is 9.61. The second-order valence-corrected chi connectivity index (χ2v) is 8.58. The van der Waals surface area contributed by atoms with Gasteiger partial charge in [0.15, 0.2) is 0 Å². The minimum atomic E-state index is -2.71. The molecule has 0 spiro atoms. The van der Waals surface area contributed by atoms with Crippen molar-refractivity contribution in [2.45, 2.75) is 58.3 Å². The zero-order chi connectivity index (χ0) is 21.4. The van der Waals surface area contributed by atoms with Crippen molar-refractivity contribution in [3.8, 4) is 11.1 Å². The molecule has 1 amide bonds. The Bertz CT molecular complexity index is 912. The van der Waals surface area contributed by atoms with Gasteiger partial charge in [-0.2, -0.15) is 0 Å². The van der Waals surface area contributed by atoms with Crippen LogP contribution >= 0.6 is 0 Å². The molecule has 0 saturated heterocycles. The lowest BCUT2D eigenvalue weighted by Gasteiger charge is -2.30. The third-order valence-electron chi connectivity index (χ3n) is 5.22. The number of anilines is 1. The number of hydrogen-bond donors (Lipinski definition) is 1. The first kappa shape index (κ1) is 21.3. The normalized spacial score (nSPS) is 17.2. The Morgan fingerprint density at radius 2 is 1.76 bits per heavy atom. The van der Waals surface area contributed by atoms with Gasteiger partial charge in [-0.05, 0) is 37.1 Å². The summed E-state index contributed by atoms with van der Waals surface area (Å²) in [5.74, 6) is -4.61. The van der Waals surface area contributed by atoms with Crippen molar-refractivity contribution in [1.29, 1.82) is 0 Å². The summed E-state index contributed by atoms with van der Waals surface area (Å²) in [5.41, 5.74) is 0.206. The van der Waals surface area contributed by atoms with Crippen molar-refractivity contribution in [1.82, 2.24) is 4.98 Å². The van der Waals surface area contributed by atoms with Crippen LogP contribution in [0.3, 0.4) is 0 Å². The lowest BCUT2D eigenvalue weighted by Crippen LogP contribution is -2.29. The average Bonchev–Trinajstić information content (AvgIpc) is 2.63. The second kappa shape index (κ2) is 7.76. The molecule has 1 aliphatic rings. The van der Waals surface area contributed by atoms with E-state index in [2.05, 4.69) is 10.3 Å². The molecule has 1 heterocycles. The van der Waals surface area contributed by atoms with Crippen LogP contribution in [0.1, 0.15) is 58.1 Å². The first-order valence-corrected chi connectivity index (χ1v) is 9.61. The van der Waals surface area contributed by atoms with Gasteiger partial charge < -0.3 is 5.32 Å². The molecule has 0 radical (unpaired) electrons. The van der Waals surface area contributed by atoms with Crippen molar-refractivity contribution in [3.05, 3.63) is 47.8 Å². The molecule has 1 aromatic heterocycles. The molecule has 3 rings (SSSR count). The number of pyridine rings is 1. The van der Waals surface area contributed by atoms with E-state index >= 15 is 0 Å². The molecular formula is C22H24F4N2O. The van der Waals surface area contributed by atoms with Crippen LogP contribution in [0.25, 0.3) is 11.1 Å². The minimum absolute atomic E-state index is 0.0148. The molecule has 7 heteroatoms. The van der Waals surface area contributed by atoms with Crippen molar-refractivity contribution in [2.75, 3.05) is 5.32 Å². The summed E-state index contributed by atoms with van der Waals surface area (Å²) in [6.45, 7) is 5.17. The molecule has 0 unspecified atom stereocenters. The van der Waals surface area contributed by atoms with E-state index in [-0.39, 0.29) is 54.3 Å². The predicted octanol–water partition coefficient (Wildman–Crippen LogP) is 6.30. The predicted molar refractivity (Wildman–Crippen MR) is 104 cm³/mol. The van der Waals surface area contributed by atoms with Gasteiger partial charge in [0.05, 0.1) is 11.4 Å². The lowest BCUT2D eigenvalue weighted by molar-refractivity contribution is -0.123. The molecule has 1 aliphatic carbocycles. The molecule has 1 fully saturated rings. The number of carbonyl (C=O) groups is 1. The van der Waals surface area contributed by atoms with Crippen LogP contribution in [0, 0.1) is 17.0 Å². The van der Waals surface area contributed by atoms with Crippen LogP contribution in [-0.4, -0.2) is 16.8 Å². The van der Waals surface area contributed by atoms with E-state index in [0.717, 1.165) is 18.2 Å². The van der Waals surface area contributed by atoms with Gasteiger partial charge in [-0.15, -0.1) is 0 Å². The van der Waals surface area contributed by atoms with Gasteiger partial charge in [0.1, 0.15) is 11.6 Å². The molecule has 1 N–H and O–H groups in total. The fraction of sp³-hybridized carbons (Fsp3) is 0.455. The van der Waals surface area contributed by atoms with Crippen molar-refractivity contribution >= 4 is 11.6 Å². The number of alkyl halides is 2. The van der Waals surface area contributed by atoms with Gasteiger partial charge in [0.2, 0.25) is 11.8 Å². The van der Waals surface area contributed by atoms with E-state index < -0.39 is 23.0 Å². The van der Waals surface area contributed by atoms with E-state index in [1.807, 2.05) is 0 Å². The standard InChI is InChI=1S/C22H24F4N2O/c1-21(2,3)20(29)28-19-15(16-12-14(23)4-5-17(16)24)8-11-27-18(19)13-6-9-22(25,26)10-7-13/h4-5,8,11-13H,6-7,9-10H2,1-3H3,(H,28,29). The zero-order valence-electron chi connectivity index (χ0n) is 16.7. The van der Waals surface area contributed by atoms with Crippen molar-refractivity contribution < 1.29 is 22.4 Å². The van der Waals surface area contributed by atoms with Gasteiger partial charge in [0, 0.05) is 41.5 Å². The summed E-state index contributed by atoms with van der Waals surface area (Å²) in [6.07, 6.45) is 1.30. The van der Waals surface area contributed by atoms with E-state index in [4.69, 9.17) is 0 Å². The highest BCUT2D eigenvalue weighted by molar-refractivity contribution is 5.99. The second-order valence-electron chi connectivity index (χ2n) is 8.58. The SMILES string of the molecule is CC(C)(C)C(=O)Nc1c(-c2cc(F)ccc2F)ccnc1C1CCC(F)(F)CC1.